The molecule has 0 bridgehead atoms. The van der Waals surface area contributed by atoms with E-state index in [1.807, 2.05) is 45.0 Å². The lowest BCUT2D eigenvalue weighted by Gasteiger charge is -2.34. The minimum Gasteiger partial charge on any atom is -0.469 e. The van der Waals surface area contributed by atoms with Crippen molar-refractivity contribution >= 4 is 40.5 Å². The summed E-state index contributed by atoms with van der Waals surface area (Å²) < 4.78 is 5.10. The fourth-order valence-electron chi connectivity index (χ4n) is 3.59. The summed E-state index contributed by atoms with van der Waals surface area (Å²) in [6, 6.07) is 9.45. The van der Waals surface area contributed by atoms with Crippen LogP contribution in [0.1, 0.15) is 42.0 Å². The molecule has 1 unspecified atom stereocenters. The predicted molar refractivity (Wildman–Crippen MR) is 117 cm³/mol. The summed E-state index contributed by atoms with van der Waals surface area (Å²) >= 11 is 12.3. The summed E-state index contributed by atoms with van der Waals surface area (Å²) in [7, 11) is 3.12. The highest BCUT2D eigenvalue weighted by Gasteiger charge is 2.41. The topological polar surface area (TPSA) is 81.6 Å². The first-order valence-corrected chi connectivity index (χ1v) is 9.77. The van der Waals surface area contributed by atoms with Crippen molar-refractivity contribution in [1.82, 2.24) is 0 Å². The van der Waals surface area contributed by atoms with Gasteiger partial charge in [-0.15, -0.1) is 11.6 Å². The molecule has 0 aliphatic carbocycles. The molecule has 0 spiro atoms. The van der Waals surface area contributed by atoms with E-state index in [1.54, 1.807) is 13.1 Å². The number of nitrogens with two attached hydrogens (primary N) is 2. The van der Waals surface area contributed by atoms with E-state index in [2.05, 4.69) is 0 Å². The zero-order valence-electron chi connectivity index (χ0n) is 16.8. The predicted octanol–water partition coefficient (Wildman–Crippen LogP) is 4.61. The van der Waals surface area contributed by atoms with E-state index in [1.165, 1.54) is 12.1 Å². The number of rotatable bonds is 6. The molecule has 152 valence electrons. The van der Waals surface area contributed by atoms with Crippen LogP contribution in [0.2, 0.25) is 5.02 Å². The van der Waals surface area contributed by atoms with Crippen molar-refractivity contribution in [1.29, 1.82) is 0 Å². The molecule has 0 aliphatic rings. The second-order valence-electron chi connectivity index (χ2n) is 7.45. The number of methoxy groups -OCH3 is 1. The van der Waals surface area contributed by atoms with Gasteiger partial charge in [0.2, 0.25) is 0 Å². The molecule has 0 radical (unpaired) electrons. The van der Waals surface area contributed by atoms with Gasteiger partial charge in [0.05, 0.1) is 23.9 Å². The van der Waals surface area contributed by atoms with Gasteiger partial charge < -0.3 is 15.5 Å². The third kappa shape index (κ3) is 4.07. The average Bonchev–Trinajstić information content (AvgIpc) is 2.65. The molecule has 2 aromatic rings. The summed E-state index contributed by atoms with van der Waals surface area (Å²) in [4.78, 5) is 12.7. The zero-order valence-corrected chi connectivity index (χ0v) is 18.4. The first-order chi connectivity index (χ1) is 13.1. The van der Waals surface area contributed by atoms with E-state index in [0.29, 0.717) is 16.4 Å². The van der Waals surface area contributed by atoms with Crippen molar-refractivity contribution in [2.24, 2.45) is 11.3 Å². The van der Waals surface area contributed by atoms with Gasteiger partial charge in [0.15, 0.2) is 0 Å². The van der Waals surface area contributed by atoms with Crippen LogP contribution in [-0.4, -0.2) is 20.1 Å². The molecule has 1 atom stereocenters. The number of carbonyl (C=O) groups excluding carboxylic acids is 1. The van der Waals surface area contributed by atoms with E-state index in [0.717, 1.165) is 22.3 Å². The maximum Gasteiger partial charge on any atom is 0.312 e. The minimum absolute atomic E-state index is 0.274. The summed E-state index contributed by atoms with van der Waals surface area (Å²) in [5.41, 5.74) is 10.3. The Morgan fingerprint density at radius 2 is 1.93 bits per heavy atom. The van der Waals surface area contributed by atoms with Crippen molar-refractivity contribution in [3.63, 3.8) is 0 Å². The van der Waals surface area contributed by atoms with Crippen LogP contribution in [0, 0.1) is 12.3 Å². The third-order valence-corrected chi connectivity index (χ3v) is 5.86. The van der Waals surface area contributed by atoms with E-state index in [-0.39, 0.29) is 17.8 Å². The molecule has 0 heterocycles. The van der Waals surface area contributed by atoms with Gasteiger partial charge in [0.25, 0.3) is 0 Å². The number of hydrogen-bond donors (Lipinski definition) is 2. The fraction of sp³-hybridized carbons (Fsp3) is 0.381. The Bertz CT molecular complexity index is 882. The molecule has 0 saturated carbocycles. The second-order valence-corrected chi connectivity index (χ2v) is 8.13. The molecule has 2 aromatic carbocycles. The number of nitrogen functional groups attached to an aromatic ring is 1. The Morgan fingerprint density at radius 3 is 2.46 bits per heavy atom. The second kappa shape index (κ2) is 8.60. The monoisotopic (exact) mass is 423 g/mol. The third-order valence-electron chi connectivity index (χ3n) is 5.20. The highest BCUT2D eigenvalue weighted by Crippen LogP contribution is 2.45. The van der Waals surface area contributed by atoms with Crippen LogP contribution < -0.4 is 16.6 Å². The van der Waals surface area contributed by atoms with Crippen LogP contribution >= 0.6 is 23.2 Å². The van der Waals surface area contributed by atoms with Gasteiger partial charge in [-0.2, -0.15) is 0 Å². The molecule has 2 rings (SSSR count). The van der Waals surface area contributed by atoms with Crippen molar-refractivity contribution in [2.45, 2.75) is 32.6 Å². The summed E-state index contributed by atoms with van der Waals surface area (Å²) in [6.07, 6.45) is 0. The largest absolute Gasteiger partial charge is 0.469 e. The Balaban J connectivity index is 2.77. The van der Waals surface area contributed by atoms with Gasteiger partial charge in [0.1, 0.15) is 0 Å². The molecule has 0 amide bonds. The highest BCUT2D eigenvalue weighted by atomic mass is 35.5. The lowest BCUT2D eigenvalue weighted by Crippen LogP contribution is -2.34. The Hall–Kier alpha value is -1.95. The SMILES string of the molecule is COC(=O)C(C)(C)C(c1ccc(Cl)c(CCl)c1)c1ccc(N(C)N)c(N)c1C. The molecular weight excluding hydrogens is 397 g/mol. The molecule has 5 nitrogen and oxygen atoms in total. The first kappa shape index (κ1) is 22.3. The van der Waals surface area contributed by atoms with E-state index in [4.69, 9.17) is 39.5 Å². The number of ether oxygens (including phenoxy) is 1. The Kier molecular flexibility index (Phi) is 6.86. The number of benzene rings is 2. The average molecular weight is 424 g/mol. The van der Waals surface area contributed by atoms with Gasteiger partial charge in [-0.05, 0) is 55.2 Å². The molecular formula is C21H27Cl2N3O2. The molecule has 0 saturated heterocycles. The van der Waals surface area contributed by atoms with Gasteiger partial charge in [0, 0.05) is 23.9 Å². The number of halogens is 2. The lowest BCUT2D eigenvalue weighted by molar-refractivity contribution is -0.151. The van der Waals surface area contributed by atoms with Crippen LogP contribution in [0.5, 0.6) is 0 Å². The fourth-order valence-corrected chi connectivity index (χ4v) is 4.07. The van der Waals surface area contributed by atoms with Crippen LogP contribution in [0.15, 0.2) is 30.3 Å². The normalized spacial score (nSPS) is 12.6. The van der Waals surface area contributed by atoms with Gasteiger partial charge >= 0.3 is 5.97 Å². The summed E-state index contributed by atoms with van der Waals surface area (Å²) in [6.45, 7) is 5.64. The zero-order chi connectivity index (χ0) is 21.2. The number of alkyl halides is 1. The van der Waals surface area contributed by atoms with Crippen molar-refractivity contribution in [2.75, 3.05) is 24.9 Å². The van der Waals surface area contributed by atoms with Crippen molar-refractivity contribution < 1.29 is 9.53 Å². The Labute approximate surface area is 176 Å². The number of carbonyl (C=O) groups is 1. The highest BCUT2D eigenvalue weighted by molar-refractivity contribution is 6.32. The van der Waals surface area contributed by atoms with Gasteiger partial charge in [-0.25, -0.2) is 5.84 Å². The molecule has 0 fully saturated rings. The quantitative estimate of drug-likeness (QED) is 0.233. The van der Waals surface area contributed by atoms with Crippen LogP contribution in [-0.2, 0) is 15.4 Å². The number of hydrazine groups is 1. The van der Waals surface area contributed by atoms with Crippen LogP contribution in [0.25, 0.3) is 0 Å². The van der Waals surface area contributed by atoms with E-state index < -0.39 is 5.41 Å². The van der Waals surface area contributed by atoms with E-state index in [9.17, 15) is 4.79 Å². The van der Waals surface area contributed by atoms with E-state index >= 15 is 0 Å². The molecule has 4 N–H and O–H groups in total. The Morgan fingerprint density at radius 1 is 1.29 bits per heavy atom. The smallest absolute Gasteiger partial charge is 0.312 e. The number of anilines is 2. The number of nitrogens with zero attached hydrogens (tertiary/aromatic N) is 1. The van der Waals surface area contributed by atoms with Gasteiger partial charge in [-0.3, -0.25) is 4.79 Å². The number of hydrogen-bond acceptors (Lipinski definition) is 5. The molecule has 28 heavy (non-hydrogen) atoms. The molecule has 7 heteroatoms. The van der Waals surface area contributed by atoms with Crippen LogP contribution in [0.3, 0.4) is 0 Å². The van der Waals surface area contributed by atoms with Crippen molar-refractivity contribution in [3.8, 4) is 0 Å². The lowest BCUT2D eigenvalue weighted by atomic mass is 9.69. The standard InChI is InChI=1S/C21H27Cl2N3O2/c1-12-15(7-9-17(19(12)24)26(4)25)18(21(2,3)20(27)28-5)13-6-8-16(23)14(10-13)11-22/h6-10,18H,11,24-25H2,1-5H3. The number of esters is 1. The molecule has 0 aliphatic heterocycles. The maximum absolute atomic E-state index is 12.7. The first-order valence-electron chi connectivity index (χ1n) is 8.86. The summed E-state index contributed by atoms with van der Waals surface area (Å²) in [5, 5.41) is 2.06. The summed E-state index contributed by atoms with van der Waals surface area (Å²) in [5.74, 6) is 5.51. The molecule has 0 aromatic heterocycles. The maximum atomic E-state index is 12.7. The van der Waals surface area contributed by atoms with Crippen LogP contribution in [0.4, 0.5) is 11.4 Å². The minimum atomic E-state index is -0.862. The van der Waals surface area contributed by atoms with Gasteiger partial charge in [-0.1, -0.05) is 29.8 Å². The van der Waals surface area contributed by atoms with Crippen molar-refractivity contribution in [3.05, 3.63) is 57.6 Å².